The van der Waals surface area contributed by atoms with E-state index in [9.17, 15) is 4.39 Å². The van der Waals surface area contributed by atoms with Crippen LogP contribution in [0.4, 0.5) is 10.3 Å². The monoisotopic (exact) mass is 384 g/mol. The summed E-state index contributed by atoms with van der Waals surface area (Å²) in [6.07, 6.45) is 6.12. The zero-order chi connectivity index (χ0) is 19.5. The molecule has 0 aliphatic carbocycles. The minimum Gasteiger partial charge on any atom is -0.491 e. The minimum atomic E-state index is -0.394. The molecule has 1 aliphatic rings. The normalized spacial score (nSPS) is 15.2. The number of fused-ring (bicyclic) bond motifs is 1. The molecule has 8 heteroatoms. The Morgan fingerprint density at radius 2 is 2.14 bits per heavy atom. The fourth-order valence-corrected chi connectivity index (χ4v) is 3.75. The molecular formula is C20H25FN6O. The summed E-state index contributed by atoms with van der Waals surface area (Å²) in [6, 6.07) is 4.91. The molecule has 1 aliphatic heterocycles. The molecule has 0 unspecified atom stereocenters. The van der Waals surface area contributed by atoms with E-state index in [0.29, 0.717) is 23.5 Å². The first-order valence-corrected chi connectivity index (χ1v) is 9.70. The summed E-state index contributed by atoms with van der Waals surface area (Å²) in [5.41, 5.74) is 7.53. The van der Waals surface area contributed by atoms with Gasteiger partial charge < -0.3 is 15.8 Å². The van der Waals surface area contributed by atoms with Crippen molar-refractivity contribution in [2.45, 2.75) is 25.7 Å². The number of nitrogens with one attached hydrogen (secondary N) is 1. The molecule has 3 aromatic rings. The van der Waals surface area contributed by atoms with Crippen LogP contribution in [-0.4, -0.2) is 39.4 Å². The average Bonchev–Trinajstić information content (AvgIpc) is 3.03. The van der Waals surface area contributed by atoms with Crippen molar-refractivity contribution in [3.63, 3.8) is 0 Å². The van der Waals surface area contributed by atoms with Crippen molar-refractivity contribution in [2.75, 3.05) is 25.4 Å². The van der Waals surface area contributed by atoms with E-state index < -0.39 is 5.82 Å². The Morgan fingerprint density at radius 1 is 1.32 bits per heavy atom. The quantitative estimate of drug-likeness (QED) is 0.635. The molecule has 0 atom stereocenters. The number of anilines is 1. The van der Waals surface area contributed by atoms with Crippen LogP contribution in [0.1, 0.15) is 25.7 Å². The van der Waals surface area contributed by atoms with Gasteiger partial charge in [-0.1, -0.05) is 0 Å². The zero-order valence-corrected chi connectivity index (χ0v) is 16.0. The van der Waals surface area contributed by atoms with Crippen LogP contribution in [0.5, 0.6) is 5.75 Å². The van der Waals surface area contributed by atoms with Crippen molar-refractivity contribution >= 4 is 17.0 Å². The van der Waals surface area contributed by atoms with Gasteiger partial charge in [-0.25, -0.2) is 14.1 Å². The lowest BCUT2D eigenvalue weighted by molar-refractivity contribution is 0.265. The van der Waals surface area contributed by atoms with E-state index in [1.165, 1.54) is 18.9 Å². The summed E-state index contributed by atoms with van der Waals surface area (Å²) in [5, 5.41) is 8.54. The second kappa shape index (κ2) is 8.10. The molecule has 2 aromatic heterocycles. The molecule has 1 saturated heterocycles. The smallest absolute Gasteiger partial charge is 0.222 e. The third kappa shape index (κ3) is 3.91. The summed E-state index contributed by atoms with van der Waals surface area (Å²) < 4.78 is 21.9. The summed E-state index contributed by atoms with van der Waals surface area (Å²) in [5.74, 6) is 0.816. The highest BCUT2D eigenvalue weighted by Gasteiger charge is 2.16. The van der Waals surface area contributed by atoms with Gasteiger partial charge >= 0.3 is 0 Å². The van der Waals surface area contributed by atoms with Crippen LogP contribution >= 0.6 is 0 Å². The third-order valence-electron chi connectivity index (χ3n) is 5.28. The Kier molecular flexibility index (Phi) is 5.38. The van der Waals surface area contributed by atoms with Gasteiger partial charge in [0, 0.05) is 18.8 Å². The molecule has 7 nitrogen and oxygen atoms in total. The molecule has 0 amide bonds. The van der Waals surface area contributed by atoms with Crippen molar-refractivity contribution in [3.05, 3.63) is 30.2 Å². The number of piperidine rings is 1. The number of rotatable bonds is 6. The van der Waals surface area contributed by atoms with Gasteiger partial charge in [0.1, 0.15) is 5.69 Å². The Morgan fingerprint density at radius 3 is 2.93 bits per heavy atom. The maximum atomic E-state index is 14.6. The third-order valence-corrected chi connectivity index (χ3v) is 5.28. The molecule has 0 bridgehead atoms. The van der Waals surface area contributed by atoms with Crippen molar-refractivity contribution in [1.29, 1.82) is 0 Å². The number of aromatic nitrogens is 4. The van der Waals surface area contributed by atoms with E-state index in [2.05, 4.69) is 20.4 Å². The number of aryl methyl sites for hydroxylation is 1. The maximum Gasteiger partial charge on any atom is 0.222 e. The minimum absolute atomic E-state index is 0.182. The van der Waals surface area contributed by atoms with Crippen LogP contribution in [0.15, 0.2) is 24.4 Å². The summed E-state index contributed by atoms with van der Waals surface area (Å²) >= 11 is 0. The average molecular weight is 384 g/mol. The van der Waals surface area contributed by atoms with Crippen LogP contribution in [0.2, 0.25) is 0 Å². The molecule has 3 heterocycles. The first-order valence-electron chi connectivity index (χ1n) is 9.70. The standard InChI is InChI=1S/C20H25FN6O/c1-27-19-15(12-24-20(22)25-19)18(26-27)14-4-5-17(16(21)11-14)28-10-2-3-13-6-8-23-9-7-13/h4-5,11-13,23H,2-3,6-10H2,1H3,(H2,22,24,25). The van der Waals surface area contributed by atoms with Gasteiger partial charge in [0.15, 0.2) is 17.2 Å². The number of nitrogens with zero attached hydrogens (tertiary/aromatic N) is 4. The lowest BCUT2D eigenvalue weighted by Crippen LogP contribution is -2.27. The van der Waals surface area contributed by atoms with Gasteiger partial charge in [-0.2, -0.15) is 10.1 Å². The van der Waals surface area contributed by atoms with Crippen LogP contribution < -0.4 is 15.8 Å². The second-order valence-electron chi connectivity index (χ2n) is 7.27. The summed E-state index contributed by atoms with van der Waals surface area (Å²) in [4.78, 5) is 8.22. The molecule has 28 heavy (non-hydrogen) atoms. The molecule has 1 aromatic carbocycles. The van der Waals surface area contributed by atoms with Crippen LogP contribution in [0.3, 0.4) is 0 Å². The Labute approximate surface area is 163 Å². The molecule has 0 radical (unpaired) electrons. The van der Waals surface area contributed by atoms with Gasteiger partial charge in [0.05, 0.1) is 12.0 Å². The van der Waals surface area contributed by atoms with E-state index in [1.807, 2.05) is 6.07 Å². The second-order valence-corrected chi connectivity index (χ2v) is 7.27. The largest absolute Gasteiger partial charge is 0.491 e. The molecule has 4 rings (SSSR count). The Balaban J connectivity index is 1.43. The van der Waals surface area contributed by atoms with E-state index in [0.717, 1.165) is 37.2 Å². The first kappa shape index (κ1) is 18.6. The fourth-order valence-electron chi connectivity index (χ4n) is 3.75. The van der Waals surface area contributed by atoms with E-state index in [1.54, 1.807) is 24.0 Å². The summed E-state index contributed by atoms with van der Waals surface area (Å²) in [6.45, 7) is 2.72. The van der Waals surface area contributed by atoms with Gasteiger partial charge in [-0.05, 0) is 62.9 Å². The van der Waals surface area contributed by atoms with Crippen LogP contribution in [0, 0.1) is 11.7 Å². The van der Waals surface area contributed by atoms with Crippen LogP contribution in [0.25, 0.3) is 22.3 Å². The van der Waals surface area contributed by atoms with Gasteiger partial charge in [0.25, 0.3) is 0 Å². The first-order chi connectivity index (χ1) is 13.6. The van der Waals surface area contributed by atoms with Crippen molar-refractivity contribution in [2.24, 2.45) is 13.0 Å². The van der Waals surface area contributed by atoms with E-state index >= 15 is 0 Å². The van der Waals surface area contributed by atoms with Gasteiger partial charge in [-0.15, -0.1) is 0 Å². The number of hydrogen-bond donors (Lipinski definition) is 2. The topological polar surface area (TPSA) is 90.9 Å². The number of benzene rings is 1. The number of nitrogens with two attached hydrogens (primary N) is 1. The molecule has 3 N–H and O–H groups in total. The SMILES string of the molecule is Cn1nc(-c2ccc(OCCCC3CCNCC3)c(F)c2)c2cnc(N)nc21. The maximum absolute atomic E-state index is 14.6. The lowest BCUT2D eigenvalue weighted by atomic mass is 9.93. The lowest BCUT2D eigenvalue weighted by Gasteiger charge is -2.22. The number of hydrogen-bond acceptors (Lipinski definition) is 6. The van der Waals surface area contributed by atoms with E-state index in [-0.39, 0.29) is 11.7 Å². The van der Waals surface area contributed by atoms with Gasteiger partial charge in [-0.3, -0.25) is 0 Å². The molecular weight excluding hydrogens is 359 g/mol. The molecule has 0 spiro atoms. The van der Waals surface area contributed by atoms with Crippen LogP contribution in [-0.2, 0) is 7.05 Å². The number of ether oxygens (including phenoxy) is 1. The highest BCUT2D eigenvalue weighted by Crippen LogP contribution is 2.30. The number of halogens is 1. The van der Waals surface area contributed by atoms with Crippen molar-refractivity contribution < 1.29 is 9.13 Å². The fraction of sp³-hybridized carbons (Fsp3) is 0.450. The van der Waals surface area contributed by atoms with Crippen molar-refractivity contribution in [3.8, 4) is 17.0 Å². The Hall–Kier alpha value is -2.74. The molecule has 0 saturated carbocycles. The van der Waals surface area contributed by atoms with Crippen molar-refractivity contribution in [1.82, 2.24) is 25.1 Å². The summed E-state index contributed by atoms with van der Waals surface area (Å²) in [7, 11) is 1.77. The number of nitrogen functional groups attached to an aromatic ring is 1. The highest BCUT2D eigenvalue weighted by atomic mass is 19.1. The predicted octanol–water partition coefficient (Wildman–Crippen LogP) is 2.91. The van der Waals surface area contributed by atoms with E-state index in [4.69, 9.17) is 10.5 Å². The Bertz CT molecular complexity index is 967. The highest BCUT2D eigenvalue weighted by molar-refractivity contribution is 5.91. The molecule has 1 fully saturated rings. The molecule has 148 valence electrons. The zero-order valence-electron chi connectivity index (χ0n) is 16.0. The van der Waals surface area contributed by atoms with Gasteiger partial charge in [0.2, 0.25) is 5.95 Å². The predicted molar refractivity (Wildman–Crippen MR) is 106 cm³/mol.